The fourth-order valence-electron chi connectivity index (χ4n) is 2.16. The van der Waals surface area contributed by atoms with E-state index in [4.69, 9.17) is 0 Å². The molecule has 0 saturated heterocycles. The molecule has 0 amide bonds. The van der Waals surface area contributed by atoms with Gasteiger partial charge in [0.2, 0.25) is 0 Å². The van der Waals surface area contributed by atoms with Crippen molar-refractivity contribution in [3.63, 3.8) is 0 Å². The highest BCUT2D eigenvalue weighted by molar-refractivity contribution is 5.66. The van der Waals surface area contributed by atoms with Crippen LogP contribution in [0.15, 0.2) is 36.5 Å². The first kappa shape index (κ1) is 12.3. The van der Waals surface area contributed by atoms with Gasteiger partial charge in [-0.1, -0.05) is 12.1 Å². The van der Waals surface area contributed by atoms with Gasteiger partial charge in [0, 0.05) is 30.0 Å². The Hall–Kier alpha value is -1.74. The summed E-state index contributed by atoms with van der Waals surface area (Å²) >= 11 is 0. The molecule has 3 heteroatoms. The maximum absolute atomic E-state index is 13.4. The Labute approximate surface area is 112 Å². The Morgan fingerprint density at radius 3 is 2.79 bits per heavy atom. The molecular formula is C16H17FN2. The normalized spacial score (nSPS) is 14.6. The third kappa shape index (κ3) is 2.99. The van der Waals surface area contributed by atoms with Gasteiger partial charge in [0.25, 0.3) is 0 Å². The van der Waals surface area contributed by atoms with E-state index in [0.717, 1.165) is 22.4 Å². The van der Waals surface area contributed by atoms with E-state index in [2.05, 4.69) is 10.3 Å². The van der Waals surface area contributed by atoms with E-state index >= 15 is 0 Å². The minimum Gasteiger partial charge on any atom is -0.310 e. The highest BCUT2D eigenvalue weighted by atomic mass is 19.1. The smallest absolute Gasteiger partial charge is 0.123 e. The Morgan fingerprint density at radius 1 is 1.26 bits per heavy atom. The molecular weight excluding hydrogens is 239 g/mol. The van der Waals surface area contributed by atoms with Crippen LogP contribution in [0.25, 0.3) is 11.1 Å². The third-order valence-corrected chi connectivity index (χ3v) is 3.45. The second kappa shape index (κ2) is 5.10. The average molecular weight is 256 g/mol. The van der Waals surface area contributed by atoms with Crippen molar-refractivity contribution in [1.29, 1.82) is 0 Å². The lowest BCUT2D eigenvalue weighted by atomic mass is 10.0. The van der Waals surface area contributed by atoms with Crippen LogP contribution in [0.3, 0.4) is 0 Å². The molecule has 1 N–H and O–H groups in total. The van der Waals surface area contributed by atoms with Crippen LogP contribution in [0.2, 0.25) is 0 Å². The highest BCUT2D eigenvalue weighted by Gasteiger charge is 2.20. The van der Waals surface area contributed by atoms with E-state index in [1.807, 2.05) is 31.3 Å². The predicted octanol–water partition coefficient (Wildman–Crippen LogP) is 3.45. The van der Waals surface area contributed by atoms with Gasteiger partial charge in [-0.2, -0.15) is 0 Å². The first-order valence-corrected chi connectivity index (χ1v) is 6.67. The van der Waals surface area contributed by atoms with Crippen molar-refractivity contribution >= 4 is 0 Å². The van der Waals surface area contributed by atoms with E-state index in [0.29, 0.717) is 12.6 Å². The van der Waals surface area contributed by atoms with Gasteiger partial charge >= 0.3 is 0 Å². The quantitative estimate of drug-likeness (QED) is 0.906. The molecule has 1 aliphatic carbocycles. The number of aryl methyl sites for hydroxylation is 1. The summed E-state index contributed by atoms with van der Waals surface area (Å²) < 4.78 is 13.4. The fraction of sp³-hybridized carbons (Fsp3) is 0.312. The molecule has 1 heterocycles. The highest BCUT2D eigenvalue weighted by Crippen LogP contribution is 2.26. The molecule has 98 valence electrons. The number of rotatable bonds is 4. The zero-order valence-electron chi connectivity index (χ0n) is 11.0. The number of nitrogens with one attached hydrogen (secondary N) is 1. The van der Waals surface area contributed by atoms with Crippen LogP contribution in [0.1, 0.15) is 24.1 Å². The average Bonchev–Trinajstić information content (AvgIpc) is 3.22. The molecule has 0 unspecified atom stereocenters. The lowest BCUT2D eigenvalue weighted by Crippen LogP contribution is -2.16. The molecule has 19 heavy (non-hydrogen) atoms. The maximum atomic E-state index is 13.4. The Kier molecular flexibility index (Phi) is 3.30. The lowest BCUT2D eigenvalue weighted by Gasteiger charge is -2.11. The second-order valence-electron chi connectivity index (χ2n) is 5.14. The summed E-state index contributed by atoms with van der Waals surface area (Å²) in [5.41, 5.74) is 4.08. The number of hydrogen-bond acceptors (Lipinski definition) is 2. The number of pyridine rings is 1. The van der Waals surface area contributed by atoms with Crippen molar-refractivity contribution in [2.24, 2.45) is 0 Å². The summed E-state index contributed by atoms with van der Waals surface area (Å²) in [4.78, 5) is 4.31. The summed E-state index contributed by atoms with van der Waals surface area (Å²) in [5.74, 6) is -0.184. The molecule has 1 aromatic carbocycles. The summed E-state index contributed by atoms with van der Waals surface area (Å²) in [7, 11) is 0. The van der Waals surface area contributed by atoms with Crippen LogP contribution >= 0.6 is 0 Å². The number of aromatic nitrogens is 1. The summed E-state index contributed by atoms with van der Waals surface area (Å²) in [6.07, 6.45) is 4.32. The molecule has 1 fully saturated rings. The van der Waals surface area contributed by atoms with Crippen LogP contribution in [0, 0.1) is 12.7 Å². The van der Waals surface area contributed by atoms with E-state index in [1.165, 1.54) is 18.9 Å². The van der Waals surface area contributed by atoms with Crippen molar-refractivity contribution in [2.45, 2.75) is 32.4 Å². The van der Waals surface area contributed by atoms with Crippen molar-refractivity contribution in [3.8, 4) is 11.1 Å². The summed E-state index contributed by atoms with van der Waals surface area (Å²) in [5, 5.41) is 3.43. The molecule has 1 aromatic heterocycles. The van der Waals surface area contributed by atoms with Gasteiger partial charge in [-0.25, -0.2) is 4.39 Å². The molecule has 3 rings (SSSR count). The van der Waals surface area contributed by atoms with Crippen molar-refractivity contribution in [3.05, 3.63) is 53.6 Å². The monoisotopic (exact) mass is 256 g/mol. The van der Waals surface area contributed by atoms with Gasteiger partial charge in [-0.3, -0.25) is 4.98 Å². The van der Waals surface area contributed by atoms with Crippen LogP contribution in [0.4, 0.5) is 4.39 Å². The number of benzene rings is 1. The molecule has 0 atom stereocenters. The summed E-state index contributed by atoms with van der Waals surface area (Å²) in [6, 6.07) is 9.60. The number of halogens is 1. The molecule has 0 aliphatic heterocycles. The summed E-state index contributed by atoms with van der Waals surface area (Å²) in [6.45, 7) is 2.68. The molecule has 2 nitrogen and oxygen atoms in total. The SMILES string of the molecule is Cc1ccc(-c2ccc(F)cc2CNC2CC2)cn1. The first-order chi connectivity index (χ1) is 9.22. The Bertz CT molecular complexity index is 574. The zero-order valence-corrected chi connectivity index (χ0v) is 11.0. The van der Waals surface area contributed by atoms with Crippen molar-refractivity contribution in [1.82, 2.24) is 10.3 Å². The molecule has 0 spiro atoms. The largest absolute Gasteiger partial charge is 0.310 e. The Balaban J connectivity index is 1.91. The maximum Gasteiger partial charge on any atom is 0.123 e. The minimum atomic E-state index is -0.184. The predicted molar refractivity (Wildman–Crippen MR) is 74.2 cm³/mol. The van der Waals surface area contributed by atoms with Gasteiger partial charge in [-0.15, -0.1) is 0 Å². The van der Waals surface area contributed by atoms with E-state index in [-0.39, 0.29) is 5.82 Å². The van der Waals surface area contributed by atoms with Gasteiger partial charge in [0.1, 0.15) is 5.82 Å². The minimum absolute atomic E-state index is 0.184. The molecule has 1 saturated carbocycles. The standard InChI is InChI=1S/C16H17FN2/c1-11-2-3-12(9-18-11)16-7-4-14(17)8-13(16)10-19-15-5-6-15/h2-4,7-9,15,19H,5-6,10H2,1H3. The Morgan fingerprint density at radius 2 is 2.11 bits per heavy atom. The number of hydrogen-bond donors (Lipinski definition) is 1. The molecule has 0 bridgehead atoms. The molecule has 0 radical (unpaired) electrons. The number of nitrogens with zero attached hydrogens (tertiary/aromatic N) is 1. The topological polar surface area (TPSA) is 24.9 Å². The van der Waals surface area contributed by atoms with E-state index in [9.17, 15) is 4.39 Å². The first-order valence-electron chi connectivity index (χ1n) is 6.67. The van der Waals surface area contributed by atoms with Crippen LogP contribution in [0.5, 0.6) is 0 Å². The van der Waals surface area contributed by atoms with Gasteiger partial charge < -0.3 is 5.32 Å². The third-order valence-electron chi connectivity index (χ3n) is 3.45. The van der Waals surface area contributed by atoms with Gasteiger partial charge in [-0.05, 0) is 49.1 Å². The van der Waals surface area contributed by atoms with Crippen molar-refractivity contribution in [2.75, 3.05) is 0 Å². The van der Waals surface area contributed by atoms with E-state index < -0.39 is 0 Å². The molecule has 1 aliphatic rings. The van der Waals surface area contributed by atoms with Gasteiger partial charge in [0.15, 0.2) is 0 Å². The fourth-order valence-corrected chi connectivity index (χ4v) is 2.16. The van der Waals surface area contributed by atoms with Gasteiger partial charge in [0.05, 0.1) is 0 Å². The van der Waals surface area contributed by atoms with Crippen LogP contribution in [-0.4, -0.2) is 11.0 Å². The van der Waals surface area contributed by atoms with Crippen LogP contribution < -0.4 is 5.32 Å². The zero-order chi connectivity index (χ0) is 13.2. The van der Waals surface area contributed by atoms with Crippen molar-refractivity contribution < 1.29 is 4.39 Å². The van der Waals surface area contributed by atoms with Crippen LogP contribution in [-0.2, 0) is 6.54 Å². The molecule has 2 aromatic rings. The lowest BCUT2D eigenvalue weighted by molar-refractivity contribution is 0.620. The second-order valence-corrected chi connectivity index (χ2v) is 5.14. The van der Waals surface area contributed by atoms with E-state index in [1.54, 1.807) is 6.07 Å².